The van der Waals surface area contributed by atoms with Crippen molar-refractivity contribution < 1.29 is 0 Å². The van der Waals surface area contributed by atoms with Gasteiger partial charge in [0.25, 0.3) is 0 Å². The Morgan fingerprint density at radius 3 is 1.34 bits per heavy atom. The zero-order valence-electron chi connectivity index (χ0n) is 30.7. The minimum absolute atomic E-state index is 1.13. The molecule has 11 rings (SSSR count). The third-order valence-corrected chi connectivity index (χ3v) is 11.3. The Hall–Kier alpha value is -7.42. The molecular weight excluding hydrogens is 677 g/mol. The molecule has 0 aliphatic heterocycles. The maximum atomic E-state index is 2.53. The SMILES string of the molecule is c1ccc(-c2cccc(-c3cccc(-n4c5cccc(-c6ccccc6)c5c5ccc6c(c7c(-c8ccccc8)cccc7n6-c6ccccc6)c54)c3)c2)cc1. The van der Waals surface area contributed by atoms with Crippen LogP contribution in [0, 0.1) is 0 Å². The van der Waals surface area contributed by atoms with Gasteiger partial charge in [0.05, 0.1) is 22.1 Å². The molecule has 0 spiro atoms. The number of hydrogen-bond acceptors (Lipinski definition) is 0. The Labute approximate surface area is 325 Å². The zero-order chi connectivity index (χ0) is 37.0. The highest BCUT2D eigenvalue weighted by atomic mass is 15.0. The fourth-order valence-electron chi connectivity index (χ4n) is 8.87. The van der Waals surface area contributed by atoms with Crippen LogP contribution in [0.5, 0.6) is 0 Å². The molecule has 2 heteroatoms. The molecule has 0 saturated carbocycles. The summed E-state index contributed by atoms with van der Waals surface area (Å²) >= 11 is 0. The van der Waals surface area contributed by atoms with Gasteiger partial charge in [0.15, 0.2) is 0 Å². The van der Waals surface area contributed by atoms with Crippen molar-refractivity contribution in [3.05, 3.63) is 218 Å². The molecule has 0 amide bonds. The second-order valence-electron chi connectivity index (χ2n) is 14.5. The molecule has 0 aliphatic carbocycles. The quantitative estimate of drug-likeness (QED) is 0.162. The number of rotatable bonds is 6. The van der Waals surface area contributed by atoms with Gasteiger partial charge in [-0.1, -0.05) is 170 Å². The van der Waals surface area contributed by atoms with Crippen molar-refractivity contribution >= 4 is 43.6 Å². The molecule has 0 atom stereocenters. The lowest BCUT2D eigenvalue weighted by Gasteiger charge is -2.13. The van der Waals surface area contributed by atoms with Crippen molar-refractivity contribution in [1.29, 1.82) is 0 Å². The lowest BCUT2D eigenvalue weighted by atomic mass is 9.97. The van der Waals surface area contributed by atoms with Gasteiger partial charge in [-0.15, -0.1) is 0 Å². The molecule has 11 aromatic rings. The van der Waals surface area contributed by atoms with Gasteiger partial charge in [0.2, 0.25) is 0 Å². The lowest BCUT2D eigenvalue weighted by Crippen LogP contribution is -1.96. The molecule has 0 fully saturated rings. The van der Waals surface area contributed by atoms with Crippen LogP contribution < -0.4 is 0 Å². The molecule has 262 valence electrons. The van der Waals surface area contributed by atoms with Crippen molar-refractivity contribution in [2.75, 3.05) is 0 Å². The van der Waals surface area contributed by atoms with Crippen LogP contribution in [0.25, 0.3) is 99.5 Å². The number of fused-ring (bicyclic) bond motifs is 7. The smallest absolute Gasteiger partial charge is 0.0641 e. The van der Waals surface area contributed by atoms with Crippen LogP contribution in [-0.2, 0) is 0 Å². The third-order valence-electron chi connectivity index (χ3n) is 11.3. The summed E-state index contributed by atoms with van der Waals surface area (Å²) < 4.78 is 4.97. The van der Waals surface area contributed by atoms with Gasteiger partial charge in [0, 0.05) is 32.9 Å². The summed E-state index contributed by atoms with van der Waals surface area (Å²) in [6, 6.07) is 79.4. The van der Waals surface area contributed by atoms with Gasteiger partial charge in [-0.25, -0.2) is 0 Å². The van der Waals surface area contributed by atoms with Crippen molar-refractivity contribution in [1.82, 2.24) is 9.13 Å². The first-order valence-corrected chi connectivity index (χ1v) is 19.3. The predicted molar refractivity (Wildman–Crippen MR) is 237 cm³/mol. The molecule has 0 bridgehead atoms. The van der Waals surface area contributed by atoms with E-state index in [1.807, 2.05) is 0 Å². The second kappa shape index (κ2) is 13.2. The first-order chi connectivity index (χ1) is 27.8. The summed E-state index contributed by atoms with van der Waals surface area (Å²) in [5.74, 6) is 0. The molecule has 2 nitrogen and oxygen atoms in total. The third kappa shape index (κ3) is 5.11. The number of para-hydroxylation sites is 1. The second-order valence-corrected chi connectivity index (χ2v) is 14.5. The first kappa shape index (κ1) is 32.0. The van der Waals surface area contributed by atoms with Crippen LogP contribution in [-0.4, -0.2) is 9.13 Å². The largest absolute Gasteiger partial charge is 0.309 e. The topological polar surface area (TPSA) is 9.86 Å². The number of hydrogen-bond donors (Lipinski definition) is 0. The van der Waals surface area contributed by atoms with E-state index in [4.69, 9.17) is 0 Å². The van der Waals surface area contributed by atoms with E-state index in [0.29, 0.717) is 0 Å². The van der Waals surface area contributed by atoms with E-state index in [0.717, 1.165) is 11.4 Å². The fraction of sp³-hybridized carbons (Fsp3) is 0. The minimum Gasteiger partial charge on any atom is -0.309 e. The average molecular weight is 713 g/mol. The van der Waals surface area contributed by atoms with Crippen LogP contribution in [0.2, 0.25) is 0 Å². The van der Waals surface area contributed by atoms with E-state index >= 15 is 0 Å². The number of benzene rings is 9. The summed E-state index contributed by atoms with van der Waals surface area (Å²) in [4.78, 5) is 0. The van der Waals surface area contributed by atoms with E-state index in [2.05, 4.69) is 228 Å². The predicted octanol–water partition coefficient (Wildman–Crippen LogP) is 14.5. The molecule has 9 aromatic carbocycles. The average Bonchev–Trinajstić information content (AvgIpc) is 3.81. The summed E-state index contributed by atoms with van der Waals surface area (Å²) in [6.45, 7) is 0. The molecule has 0 saturated heterocycles. The highest BCUT2D eigenvalue weighted by molar-refractivity contribution is 6.30. The van der Waals surface area contributed by atoms with Crippen molar-refractivity contribution in [3.8, 4) is 55.9 Å². The van der Waals surface area contributed by atoms with Gasteiger partial charge < -0.3 is 9.13 Å². The zero-order valence-corrected chi connectivity index (χ0v) is 30.7. The molecule has 0 N–H and O–H groups in total. The Kier molecular flexibility index (Phi) is 7.53. The molecule has 2 heterocycles. The van der Waals surface area contributed by atoms with Crippen molar-refractivity contribution in [2.45, 2.75) is 0 Å². The standard InChI is InChI=1S/C54H36N2/c1-5-17-37(18-6-1)40-23-13-24-41(35-40)42-25-14-28-44(36-42)56-48-31-15-29-45(38-19-7-2-8-20-38)51(48)47-33-34-50-53(54(47)56)52-46(39-21-9-3-10-22-39)30-16-32-49(52)55(50)43-26-11-4-12-27-43/h1-36H. The Morgan fingerprint density at radius 1 is 0.250 bits per heavy atom. The van der Waals surface area contributed by atoms with E-state index < -0.39 is 0 Å². The Balaban J connectivity index is 1.29. The van der Waals surface area contributed by atoms with E-state index in [1.165, 1.54) is 88.1 Å². The number of nitrogens with zero attached hydrogens (tertiary/aromatic N) is 2. The fourth-order valence-corrected chi connectivity index (χ4v) is 8.87. The van der Waals surface area contributed by atoms with E-state index in [-0.39, 0.29) is 0 Å². The normalized spacial score (nSPS) is 11.6. The summed E-state index contributed by atoms with van der Waals surface area (Å²) in [5, 5.41) is 4.98. The van der Waals surface area contributed by atoms with Crippen molar-refractivity contribution in [2.24, 2.45) is 0 Å². The summed E-state index contributed by atoms with van der Waals surface area (Å²) in [7, 11) is 0. The molecule has 0 radical (unpaired) electrons. The van der Waals surface area contributed by atoms with Gasteiger partial charge >= 0.3 is 0 Å². The van der Waals surface area contributed by atoms with Crippen LogP contribution >= 0.6 is 0 Å². The maximum absolute atomic E-state index is 2.53. The molecule has 56 heavy (non-hydrogen) atoms. The molecular formula is C54H36N2. The van der Waals surface area contributed by atoms with Crippen molar-refractivity contribution in [3.63, 3.8) is 0 Å². The van der Waals surface area contributed by atoms with Gasteiger partial charge in [-0.3, -0.25) is 0 Å². The molecule has 2 aromatic heterocycles. The lowest BCUT2D eigenvalue weighted by molar-refractivity contribution is 1.17. The number of aromatic nitrogens is 2. The highest BCUT2D eigenvalue weighted by Crippen LogP contribution is 2.47. The summed E-state index contributed by atoms with van der Waals surface area (Å²) in [5.41, 5.74) is 16.7. The monoisotopic (exact) mass is 712 g/mol. The molecule has 0 aliphatic rings. The van der Waals surface area contributed by atoms with Crippen LogP contribution in [0.1, 0.15) is 0 Å². The highest BCUT2D eigenvalue weighted by Gasteiger charge is 2.24. The first-order valence-electron chi connectivity index (χ1n) is 19.3. The van der Waals surface area contributed by atoms with Crippen LogP contribution in [0.3, 0.4) is 0 Å². The minimum atomic E-state index is 1.13. The molecule has 0 unspecified atom stereocenters. The van der Waals surface area contributed by atoms with Gasteiger partial charge in [0.1, 0.15) is 0 Å². The van der Waals surface area contributed by atoms with Crippen LogP contribution in [0.4, 0.5) is 0 Å². The Morgan fingerprint density at radius 2 is 0.696 bits per heavy atom. The van der Waals surface area contributed by atoms with Gasteiger partial charge in [-0.2, -0.15) is 0 Å². The van der Waals surface area contributed by atoms with E-state index in [9.17, 15) is 0 Å². The summed E-state index contributed by atoms with van der Waals surface area (Å²) in [6.07, 6.45) is 0. The maximum Gasteiger partial charge on any atom is 0.0641 e. The van der Waals surface area contributed by atoms with Crippen LogP contribution in [0.15, 0.2) is 218 Å². The Bertz CT molecular complexity index is 3210. The van der Waals surface area contributed by atoms with Gasteiger partial charge in [-0.05, 0) is 93.0 Å². The van der Waals surface area contributed by atoms with E-state index in [1.54, 1.807) is 0 Å².